The van der Waals surface area contributed by atoms with Crippen LogP contribution in [0, 0.1) is 0 Å². The standard InChI is InChI=1S/C18H35N3/c1-4-6-8-9-10-13-18(3,12-7-5-2)21-14-11-17-15-19-16-20-17/h15-16,21H,4-14H2,1-3H3,(H,19,20). The van der Waals surface area contributed by atoms with Crippen LogP contribution < -0.4 is 5.32 Å². The number of nitrogens with zero attached hydrogens (tertiary/aromatic N) is 1. The lowest BCUT2D eigenvalue weighted by Crippen LogP contribution is -2.43. The van der Waals surface area contributed by atoms with Gasteiger partial charge in [-0.2, -0.15) is 0 Å². The molecule has 0 bridgehead atoms. The molecule has 0 aliphatic carbocycles. The number of rotatable bonds is 13. The van der Waals surface area contributed by atoms with Crippen molar-refractivity contribution in [2.45, 2.75) is 90.5 Å². The molecule has 1 rings (SSSR count). The predicted molar refractivity (Wildman–Crippen MR) is 91.6 cm³/mol. The third-order valence-corrected chi connectivity index (χ3v) is 4.42. The highest BCUT2D eigenvalue weighted by Crippen LogP contribution is 2.22. The minimum Gasteiger partial charge on any atom is -0.348 e. The van der Waals surface area contributed by atoms with Crippen molar-refractivity contribution < 1.29 is 0 Å². The Morgan fingerprint density at radius 1 is 1.05 bits per heavy atom. The predicted octanol–water partition coefficient (Wildman–Crippen LogP) is 4.85. The van der Waals surface area contributed by atoms with E-state index in [2.05, 4.69) is 36.1 Å². The number of aromatic amines is 1. The molecule has 0 radical (unpaired) electrons. The number of unbranched alkanes of at least 4 members (excludes halogenated alkanes) is 5. The van der Waals surface area contributed by atoms with Crippen LogP contribution in [0.4, 0.5) is 0 Å². The molecule has 122 valence electrons. The van der Waals surface area contributed by atoms with Crippen molar-refractivity contribution in [3.8, 4) is 0 Å². The lowest BCUT2D eigenvalue weighted by atomic mass is 9.88. The fourth-order valence-electron chi connectivity index (χ4n) is 2.91. The third kappa shape index (κ3) is 8.25. The first-order chi connectivity index (χ1) is 10.2. The topological polar surface area (TPSA) is 40.7 Å². The van der Waals surface area contributed by atoms with E-state index in [1.807, 2.05) is 6.20 Å². The Morgan fingerprint density at radius 2 is 1.76 bits per heavy atom. The van der Waals surface area contributed by atoms with Gasteiger partial charge in [0, 0.05) is 30.4 Å². The van der Waals surface area contributed by atoms with Crippen molar-refractivity contribution in [2.24, 2.45) is 0 Å². The first-order valence-electron chi connectivity index (χ1n) is 8.92. The summed E-state index contributed by atoms with van der Waals surface area (Å²) in [6.07, 6.45) is 16.8. The Bertz CT molecular complexity index is 334. The molecule has 0 aliphatic heterocycles. The van der Waals surface area contributed by atoms with Crippen LogP contribution in [0.25, 0.3) is 0 Å². The molecule has 3 nitrogen and oxygen atoms in total. The Hall–Kier alpha value is -0.830. The van der Waals surface area contributed by atoms with Gasteiger partial charge < -0.3 is 10.3 Å². The number of H-pyrrole nitrogens is 1. The third-order valence-electron chi connectivity index (χ3n) is 4.42. The molecule has 0 amide bonds. The highest BCUT2D eigenvalue weighted by molar-refractivity contribution is 4.95. The summed E-state index contributed by atoms with van der Waals surface area (Å²) < 4.78 is 0. The van der Waals surface area contributed by atoms with E-state index in [-0.39, 0.29) is 0 Å². The van der Waals surface area contributed by atoms with E-state index in [4.69, 9.17) is 0 Å². The van der Waals surface area contributed by atoms with Crippen LogP contribution >= 0.6 is 0 Å². The van der Waals surface area contributed by atoms with Gasteiger partial charge in [-0.3, -0.25) is 0 Å². The SMILES string of the molecule is CCCCCCCC(C)(CCCC)NCCc1cnc[nH]1. The van der Waals surface area contributed by atoms with Gasteiger partial charge in [-0.15, -0.1) is 0 Å². The fraction of sp³-hybridized carbons (Fsp3) is 0.833. The number of hydrogen-bond acceptors (Lipinski definition) is 2. The molecule has 0 aliphatic rings. The van der Waals surface area contributed by atoms with E-state index >= 15 is 0 Å². The zero-order chi connectivity index (χ0) is 15.4. The molecule has 0 spiro atoms. The average molecular weight is 293 g/mol. The minimum absolute atomic E-state index is 0.308. The molecule has 3 heteroatoms. The summed E-state index contributed by atoms with van der Waals surface area (Å²) in [5.41, 5.74) is 1.53. The molecule has 1 heterocycles. The maximum absolute atomic E-state index is 4.08. The van der Waals surface area contributed by atoms with Crippen LogP contribution in [0.1, 0.15) is 84.3 Å². The monoisotopic (exact) mass is 293 g/mol. The number of aromatic nitrogens is 2. The highest BCUT2D eigenvalue weighted by atomic mass is 15.0. The van der Waals surface area contributed by atoms with Crippen LogP contribution in [0.2, 0.25) is 0 Å². The molecule has 0 saturated heterocycles. The Morgan fingerprint density at radius 3 is 2.43 bits per heavy atom. The molecular weight excluding hydrogens is 258 g/mol. The van der Waals surface area contributed by atoms with Gasteiger partial charge in [0.25, 0.3) is 0 Å². The highest BCUT2D eigenvalue weighted by Gasteiger charge is 2.22. The van der Waals surface area contributed by atoms with Gasteiger partial charge in [0.15, 0.2) is 0 Å². The number of nitrogens with one attached hydrogen (secondary N) is 2. The van der Waals surface area contributed by atoms with Crippen molar-refractivity contribution in [1.82, 2.24) is 15.3 Å². The van der Waals surface area contributed by atoms with Gasteiger partial charge in [0.2, 0.25) is 0 Å². The maximum Gasteiger partial charge on any atom is 0.0921 e. The second-order valence-electron chi connectivity index (χ2n) is 6.58. The minimum atomic E-state index is 0.308. The van der Waals surface area contributed by atoms with E-state index in [1.165, 1.54) is 63.5 Å². The van der Waals surface area contributed by atoms with E-state index in [0.29, 0.717) is 5.54 Å². The Kier molecular flexibility index (Phi) is 9.40. The summed E-state index contributed by atoms with van der Waals surface area (Å²) in [4.78, 5) is 7.26. The van der Waals surface area contributed by atoms with Crippen LogP contribution in [-0.4, -0.2) is 22.1 Å². The zero-order valence-electron chi connectivity index (χ0n) is 14.4. The molecule has 1 aromatic heterocycles. The largest absolute Gasteiger partial charge is 0.348 e. The zero-order valence-corrected chi connectivity index (χ0v) is 14.4. The van der Waals surface area contributed by atoms with Gasteiger partial charge in [0.05, 0.1) is 6.33 Å². The molecule has 0 aromatic carbocycles. The van der Waals surface area contributed by atoms with Crippen molar-refractivity contribution in [1.29, 1.82) is 0 Å². The smallest absolute Gasteiger partial charge is 0.0921 e. The summed E-state index contributed by atoms with van der Waals surface area (Å²) >= 11 is 0. The van der Waals surface area contributed by atoms with Gasteiger partial charge in [-0.1, -0.05) is 58.8 Å². The summed E-state index contributed by atoms with van der Waals surface area (Å²) in [7, 11) is 0. The quantitative estimate of drug-likeness (QED) is 0.510. The molecule has 1 unspecified atom stereocenters. The van der Waals surface area contributed by atoms with E-state index in [9.17, 15) is 0 Å². The normalized spacial score (nSPS) is 14.2. The van der Waals surface area contributed by atoms with Gasteiger partial charge in [0.1, 0.15) is 0 Å². The molecule has 0 saturated carbocycles. The molecule has 0 fully saturated rings. The summed E-state index contributed by atoms with van der Waals surface area (Å²) in [5, 5.41) is 3.81. The molecule has 1 aromatic rings. The van der Waals surface area contributed by atoms with Crippen molar-refractivity contribution in [3.63, 3.8) is 0 Å². The maximum atomic E-state index is 4.08. The van der Waals surface area contributed by atoms with Crippen LogP contribution in [0.3, 0.4) is 0 Å². The number of hydrogen-bond donors (Lipinski definition) is 2. The van der Waals surface area contributed by atoms with E-state index in [1.54, 1.807) is 6.33 Å². The number of imidazole rings is 1. The van der Waals surface area contributed by atoms with Crippen molar-refractivity contribution in [3.05, 3.63) is 18.2 Å². The van der Waals surface area contributed by atoms with Crippen molar-refractivity contribution in [2.75, 3.05) is 6.54 Å². The lowest BCUT2D eigenvalue weighted by molar-refractivity contribution is 0.291. The molecule has 2 N–H and O–H groups in total. The second-order valence-corrected chi connectivity index (χ2v) is 6.58. The lowest BCUT2D eigenvalue weighted by Gasteiger charge is -2.31. The van der Waals surface area contributed by atoms with E-state index < -0.39 is 0 Å². The summed E-state index contributed by atoms with van der Waals surface area (Å²) in [6.45, 7) is 8.02. The molecular formula is C18H35N3. The van der Waals surface area contributed by atoms with Crippen LogP contribution in [0.5, 0.6) is 0 Å². The first kappa shape index (κ1) is 18.2. The van der Waals surface area contributed by atoms with E-state index in [0.717, 1.165) is 13.0 Å². The average Bonchev–Trinajstić information content (AvgIpc) is 2.98. The van der Waals surface area contributed by atoms with Crippen LogP contribution in [-0.2, 0) is 6.42 Å². The van der Waals surface area contributed by atoms with Gasteiger partial charge >= 0.3 is 0 Å². The Labute approximate surface area is 131 Å². The van der Waals surface area contributed by atoms with Crippen LogP contribution in [0.15, 0.2) is 12.5 Å². The summed E-state index contributed by atoms with van der Waals surface area (Å²) in [5.74, 6) is 0. The second kappa shape index (κ2) is 10.8. The van der Waals surface area contributed by atoms with Gasteiger partial charge in [-0.05, 0) is 19.8 Å². The fourth-order valence-corrected chi connectivity index (χ4v) is 2.91. The van der Waals surface area contributed by atoms with Gasteiger partial charge in [-0.25, -0.2) is 4.98 Å². The molecule has 1 atom stereocenters. The molecule has 21 heavy (non-hydrogen) atoms. The Balaban J connectivity index is 2.29. The first-order valence-corrected chi connectivity index (χ1v) is 8.92. The van der Waals surface area contributed by atoms with Crippen molar-refractivity contribution >= 4 is 0 Å². The summed E-state index contributed by atoms with van der Waals surface area (Å²) in [6, 6.07) is 0.